The summed E-state index contributed by atoms with van der Waals surface area (Å²) in [6.45, 7) is 0. The van der Waals surface area contributed by atoms with Crippen molar-refractivity contribution >= 4 is 45.8 Å². The van der Waals surface area contributed by atoms with Gasteiger partial charge < -0.3 is 5.32 Å². The maximum atomic E-state index is 11.7. The zero-order chi connectivity index (χ0) is 14.2. The van der Waals surface area contributed by atoms with Crippen molar-refractivity contribution in [2.75, 3.05) is 12.4 Å². The molecule has 1 unspecified atom stereocenters. The van der Waals surface area contributed by atoms with E-state index in [-0.39, 0.29) is 23.9 Å². The number of amides is 2. The minimum absolute atomic E-state index is 0.0112. The van der Waals surface area contributed by atoms with E-state index in [4.69, 9.17) is 0 Å². The maximum absolute atomic E-state index is 11.7. The molecule has 1 heterocycles. The molecule has 0 radical (unpaired) electrons. The third-order valence-corrected chi connectivity index (χ3v) is 3.73. The van der Waals surface area contributed by atoms with Gasteiger partial charge in [0.1, 0.15) is 6.04 Å². The molecular weight excluding hydrogens is 365 g/mol. The lowest BCUT2D eigenvalue weighted by atomic mass is 10.2. The first-order valence-electron chi connectivity index (χ1n) is 5.41. The summed E-state index contributed by atoms with van der Waals surface area (Å²) < 4.78 is 0.470. The first-order valence-corrected chi connectivity index (χ1v) is 6.49. The molecule has 1 fully saturated rings. The number of nitro groups is 1. The Kier molecular flexibility index (Phi) is 3.69. The fourth-order valence-electron chi connectivity index (χ4n) is 1.81. The number of nitro benzene ring substituents is 1. The highest BCUT2D eigenvalue weighted by Crippen LogP contribution is 2.25. The number of likely N-dealkylation sites (tertiary alicyclic amines) is 1. The number of carbonyl (C=O) groups excluding carboxylic acids is 2. The Labute approximate surface area is 122 Å². The summed E-state index contributed by atoms with van der Waals surface area (Å²) in [4.78, 5) is 34.4. The van der Waals surface area contributed by atoms with Crippen LogP contribution in [-0.4, -0.2) is 34.7 Å². The Bertz CT molecular complexity index is 575. The highest BCUT2D eigenvalue weighted by atomic mass is 127. The molecule has 1 aliphatic rings. The number of benzene rings is 1. The van der Waals surface area contributed by atoms with Crippen molar-refractivity contribution in [1.82, 2.24) is 4.90 Å². The van der Waals surface area contributed by atoms with Crippen molar-refractivity contribution in [3.63, 3.8) is 0 Å². The lowest BCUT2D eigenvalue weighted by Crippen LogP contribution is -2.31. The molecule has 0 aliphatic carbocycles. The van der Waals surface area contributed by atoms with Crippen LogP contribution < -0.4 is 5.32 Å². The second-order valence-corrected chi connectivity index (χ2v) is 5.28. The van der Waals surface area contributed by atoms with Crippen LogP contribution >= 0.6 is 22.6 Å². The van der Waals surface area contributed by atoms with Crippen molar-refractivity contribution in [2.45, 2.75) is 12.5 Å². The number of hydrogen-bond donors (Lipinski definition) is 1. The predicted octanol–water partition coefficient (Wildman–Crippen LogP) is 1.37. The smallest absolute Gasteiger partial charge is 0.282 e. The lowest BCUT2D eigenvalue weighted by Gasteiger charge is -2.12. The molecule has 2 amide bonds. The van der Waals surface area contributed by atoms with Gasteiger partial charge in [-0.05, 0) is 34.7 Å². The van der Waals surface area contributed by atoms with Crippen LogP contribution in [0.1, 0.15) is 6.42 Å². The highest BCUT2D eigenvalue weighted by molar-refractivity contribution is 14.1. The number of anilines is 1. The van der Waals surface area contributed by atoms with Crippen molar-refractivity contribution in [3.8, 4) is 0 Å². The van der Waals surface area contributed by atoms with Gasteiger partial charge in [0.15, 0.2) is 0 Å². The zero-order valence-electron chi connectivity index (χ0n) is 9.92. The molecule has 19 heavy (non-hydrogen) atoms. The van der Waals surface area contributed by atoms with Crippen molar-refractivity contribution in [2.24, 2.45) is 0 Å². The second kappa shape index (κ2) is 5.11. The zero-order valence-corrected chi connectivity index (χ0v) is 12.1. The average Bonchev–Trinajstić information content (AvgIpc) is 2.57. The lowest BCUT2D eigenvalue weighted by molar-refractivity contribution is -0.385. The molecule has 0 aromatic heterocycles. The quantitative estimate of drug-likeness (QED) is 0.373. The minimum atomic E-state index is -0.602. The van der Waals surface area contributed by atoms with Crippen LogP contribution in [0, 0.1) is 13.7 Å². The molecule has 1 N–H and O–H groups in total. The molecule has 2 rings (SSSR count). The Hall–Kier alpha value is -1.71. The third-order valence-electron chi connectivity index (χ3n) is 2.87. The van der Waals surface area contributed by atoms with Crippen LogP contribution in [0.2, 0.25) is 0 Å². The number of hydrogen-bond acceptors (Lipinski definition) is 5. The van der Waals surface area contributed by atoms with Crippen LogP contribution in [0.3, 0.4) is 0 Å². The van der Waals surface area contributed by atoms with E-state index in [1.807, 2.05) is 22.6 Å². The first-order chi connectivity index (χ1) is 8.90. The highest BCUT2D eigenvalue weighted by Gasteiger charge is 2.35. The number of nitrogens with one attached hydrogen (secondary N) is 1. The van der Waals surface area contributed by atoms with E-state index in [1.54, 1.807) is 6.07 Å². The average molecular weight is 375 g/mol. The van der Waals surface area contributed by atoms with Gasteiger partial charge >= 0.3 is 0 Å². The van der Waals surface area contributed by atoms with Gasteiger partial charge in [-0.1, -0.05) is 0 Å². The van der Waals surface area contributed by atoms with Gasteiger partial charge in [0.2, 0.25) is 5.91 Å². The van der Waals surface area contributed by atoms with Crippen molar-refractivity contribution in [3.05, 3.63) is 31.9 Å². The summed E-state index contributed by atoms with van der Waals surface area (Å²) in [7, 11) is 1.44. The third kappa shape index (κ3) is 2.67. The number of rotatable bonds is 3. The first kappa shape index (κ1) is 13.7. The normalized spacial score (nSPS) is 18.8. The van der Waals surface area contributed by atoms with Crippen LogP contribution in [-0.2, 0) is 9.59 Å². The Balaban J connectivity index is 2.17. The maximum Gasteiger partial charge on any atom is 0.282 e. The molecule has 1 aromatic rings. The Morgan fingerprint density at radius 3 is 2.63 bits per heavy atom. The minimum Gasteiger partial charge on any atom is -0.373 e. The number of halogens is 1. The van der Waals surface area contributed by atoms with E-state index in [0.717, 1.165) is 4.90 Å². The molecule has 8 heteroatoms. The van der Waals surface area contributed by atoms with Crippen LogP contribution in [0.5, 0.6) is 0 Å². The van der Waals surface area contributed by atoms with E-state index in [2.05, 4.69) is 5.32 Å². The fourth-order valence-corrected chi connectivity index (χ4v) is 2.53. The molecule has 1 atom stereocenters. The molecule has 0 spiro atoms. The van der Waals surface area contributed by atoms with Crippen LogP contribution in [0.15, 0.2) is 18.2 Å². The van der Waals surface area contributed by atoms with E-state index >= 15 is 0 Å². The second-order valence-electron chi connectivity index (χ2n) is 4.12. The number of likely N-dealkylation sites (N-methyl/N-ethyl adjacent to an activating group) is 1. The molecule has 0 saturated carbocycles. The van der Waals surface area contributed by atoms with Crippen LogP contribution in [0.25, 0.3) is 0 Å². The summed E-state index contributed by atoms with van der Waals surface area (Å²) in [6.07, 6.45) is 0.100. The van der Waals surface area contributed by atoms with Crippen molar-refractivity contribution < 1.29 is 14.5 Å². The van der Waals surface area contributed by atoms with Gasteiger partial charge in [0.25, 0.3) is 11.6 Å². The topological polar surface area (TPSA) is 92.6 Å². The summed E-state index contributed by atoms with van der Waals surface area (Å²) in [5.74, 6) is -0.530. The molecule has 7 nitrogen and oxygen atoms in total. The van der Waals surface area contributed by atoms with Gasteiger partial charge in [0.05, 0.1) is 14.9 Å². The largest absolute Gasteiger partial charge is 0.373 e. The number of nitrogens with zero attached hydrogens (tertiary/aromatic N) is 2. The Morgan fingerprint density at radius 1 is 1.47 bits per heavy atom. The molecule has 1 aromatic carbocycles. The van der Waals surface area contributed by atoms with Gasteiger partial charge in [-0.15, -0.1) is 0 Å². The molecule has 0 bridgehead atoms. The van der Waals surface area contributed by atoms with Gasteiger partial charge in [0, 0.05) is 18.8 Å². The van der Waals surface area contributed by atoms with E-state index in [1.165, 1.54) is 19.2 Å². The summed E-state index contributed by atoms with van der Waals surface area (Å²) >= 11 is 1.86. The summed E-state index contributed by atoms with van der Waals surface area (Å²) in [6, 6.07) is 3.87. The Morgan fingerprint density at radius 2 is 2.16 bits per heavy atom. The van der Waals surface area contributed by atoms with E-state index in [9.17, 15) is 19.7 Å². The van der Waals surface area contributed by atoms with Crippen molar-refractivity contribution in [1.29, 1.82) is 0 Å². The monoisotopic (exact) mass is 375 g/mol. The van der Waals surface area contributed by atoms with E-state index in [0.29, 0.717) is 9.26 Å². The predicted molar refractivity (Wildman–Crippen MR) is 75.6 cm³/mol. The van der Waals surface area contributed by atoms with Gasteiger partial charge in [-0.2, -0.15) is 0 Å². The molecule has 1 saturated heterocycles. The molecule has 100 valence electrons. The number of carbonyl (C=O) groups is 2. The van der Waals surface area contributed by atoms with Crippen LogP contribution in [0.4, 0.5) is 11.4 Å². The number of imide groups is 1. The SMILES string of the molecule is CN1C(=O)CC(Nc2ccc([N+](=O)[O-])c(I)c2)C1=O. The molecule has 1 aliphatic heterocycles. The van der Waals surface area contributed by atoms with E-state index < -0.39 is 11.0 Å². The summed E-state index contributed by atoms with van der Waals surface area (Å²) in [5, 5.41) is 13.6. The standard InChI is InChI=1S/C11H10IN3O4/c1-14-10(16)5-8(11(14)17)13-6-2-3-9(15(18)19)7(12)4-6/h2-4,8,13H,5H2,1H3. The van der Waals surface area contributed by atoms with Gasteiger partial charge in [-0.3, -0.25) is 24.6 Å². The summed E-state index contributed by atoms with van der Waals surface area (Å²) in [5.41, 5.74) is 0.591. The molecular formula is C11H10IN3O4. The fraction of sp³-hybridized carbons (Fsp3) is 0.273. The van der Waals surface area contributed by atoms with Gasteiger partial charge in [-0.25, -0.2) is 0 Å².